The van der Waals surface area contributed by atoms with Crippen molar-refractivity contribution in [2.24, 2.45) is 11.8 Å². The average Bonchev–Trinajstić information content (AvgIpc) is 3.69. The number of carbonyl (C=O) groups excluding carboxylic acids is 2. The van der Waals surface area contributed by atoms with Crippen LogP contribution in [0.4, 0.5) is 16.6 Å². The number of benzene rings is 1. The Hall–Kier alpha value is -3.46. The lowest BCUT2D eigenvalue weighted by Crippen LogP contribution is -2.49. The van der Waals surface area contributed by atoms with Crippen LogP contribution in [-0.2, 0) is 9.53 Å². The second kappa shape index (κ2) is 11.7. The van der Waals surface area contributed by atoms with Crippen LogP contribution in [0.2, 0.25) is 0 Å². The highest BCUT2D eigenvalue weighted by Gasteiger charge is 2.37. The fraction of sp³-hybridized carbons (Fsp3) is 0.533. The summed E-state index contributed by atoms with van der Waals surface area (Å²) >= 11 is 0. The Morgan fingerprint density at radius 3 is 2.44 bits per heavy atom. The summed E-state index contributed by atoms with van der Waals surface area (Å²) in [6.45, 7) is 13.5. The van der Waals surface area contributed by atoms with Gasteiger partial charge in [-0.2, -0.15) is 4.98 Å². The molecule has 3 atom stereocenters. The molecule has 0 spiro atoms. The Kier molecular flexibility index (Phi) is 8.16. The molecular formula is C30H40N6O3. The van der Waals surface area contributed by atoms with E-state index in [4.69, 9.17) is 4.74 Å². The Balaban J connectivity index is 1.25. The number of nitrogens with zero attached hydrogens (tertiary/aromatic N) is 5. The zero-order valence-electron chi connectivity index (χ0n) is 23.3. The SMILES string of the molecule is C=CC(=O)N1CCN(C(CC2CC2)c2ccc([C@H](C)Nc3nccc(N4C(=O)OC[C@@H]4C(C)C)n3)cc2)CC1. The molecule has 39 heavy (non-hydrogen) atoms. The highest BCUT2D eigenvalue weighted by atomic mass is 16.6. The molecule has 3 heterocycles. The van der Waals surface area contributed by atoms with Crippen molar-refractivity contribution >= 4 is 23.8 Å². The molecular weight excluding hydrogens is 492 g/mol. The number of hydrogen-bond donors (Lipinski definition) is 1. The summed E-state index contributed by atoms with van der Waals surface area (Å²) in [5.41, 5.74) is 2.46. The highest BCUT2D eigenvalue weighted by Crippen LogP contribution is 2.40. The van der Waals surface area contributed by atoms with Gasteiger partial charge in [-0.15, -0.1) is 0 Å². The number of nitrogens with one attached hydrogen (secondary N) is 1. The fourth-order valence-electron chi connectivity index (χ4n) is 5.58. The summed E-state index contributed by atoms with van der Waals surface area (Å²) in [5, 5.41) is 3.40. The van der Waals surface area contributed by atoms with E-state index >= 15 is 0 Å². The van der Waals surface area contributed by atoms with Gasteiger partial charge in [-0.05, 0) is 48.4 Å². The molecule has 3 fully saturated rings. The molecule has 3 aliphatic rings. The largest absolute Gasteiger partial charge is 0.447 e. The van der Waals surface area contributed by atoms with Gasteiger partial charge in [0.25, 0.3) is 0 Å². The highest BCUT2D eigenvalue weighted by molar-refractivity contribution is 5.89. The van der Waals surface area contributed by atoms with Crippen molar-refractivity contribution in [3.8, 4) is 0 Å². The molecule has 9 heteroatoms. The van der Waals surface area contributed by atoms with Crippen LogP contribution in [0.5, 0.6) is 0 Å². The van der Waals surface area contributed by atoms with E-state index in [-0.39, 0.29) is 30.0 Å². The topological polar surface area (TPSA) is 90.9 Å². The number of piperazine rings is 1. The quantitative estimate of drug-likeness (QED) is 0.440. The Labute approximate surface area is 231 Å². The van der Waals surface area contributed by atoms with Gasteiger partial charge in [0.2, 0.25) is 11.9 Å². The maximum absolute atomic E-state index is 12.4. The van der Waals surface area contributed by atoms with Gasteiger partial charge < -0.3 is 15.0 Å². The van der Waals surface area contributed by atoms with Crippen LogP contribution in [0.25, 0.3) is 0 Å². The number of anilines is 2. The van der Waals surface area contributed by atoms with Crippen molar-refractivity contribution in [3.63, 3.8) is 0 Å². The number of amides is 2. The first-order chi connectivity index (χ1) is 18.8. The molecule has 2 amide bonds. The van der Waals surface area contributed by atoms with E-state index in [2.05, 4.69) is 71.8 Å². The summed E-state index contributed by atoms with van der Waals surface area (Å²) in [4.78, 5) is 39.5. The smallest absolute Gasteiger partial charge is 0.415 e. The number of rotatable bonds is 10. The molecule has 0 bridgehead atoms. The lowest BCUT2D eigenvalue weighted by atomic mass is 9.96. The number of carbonyl (C=O) groups is 2. The maximum Gasteiger partial charge on any atom is 0.415 e. The van der Waals surface area contributed by atoms with Crippen LogP contribution in [0, 0.1) is 11.8 Å². The van der Waals surface area contributed by atoms with Gasteiger partial charge in [-0.25, -0.2) is 9.78 Å². The maximum atomic E-state index is 12.4. The first-order valence-electron chi connectivity index (χ1n) is 14.1. The monoisotopic (exact) mass is 532 g/mol. The normalized spacial score (nSPS) is 21.5. The molecule has 208 valence electrons. The second-order valence-electron chi connectivity index (χ2n) is 11.3. The van der Waals surface area contributed by atoms with Gasteiger partial charge in [-0.3, -0.25) is 14.6 Å². The number of hydrogen-bond acceptors (Lipinski definition) is 7. The molecule has 1 aromatic heterocycles. The molecule has 1 saturated carbocycles. The summed E-state index contributed by atoms with van der Waals surface area (Å²) in [5.74, 6) is 2.10. The molecule has 5 rings (SSSR count). The van der Waals surface area contributed by atoms with E-state index in [0.717, 1.165) is 37.7 Å². The van der Waals surface area contributed by atoms with Gasteiger partial charge in [0.15, 0.2) is 0 Å². The van der Waals surface area contributed by atoms with Crippen molar-refractivity contribution in [1.82, 2.24) is 19.8 Å². The predicted molar refractivity (Wildman–Crippen MR) is 151 cm³/mol. The van der Waals surface area contributed by atoms with Crippen LogP contribution < -0.4 is 10.2 Å². The van der Waals surface area contributed by atoms with E-state index < -0.39 is 0 Å². The van der Waals surface area contributed by atoms with E-state index in [0.29, 0.717) is 24.4 Å². The Bertz CT molecular complexity index is 1170. The molecule has 0 radical (unpaired) electrons. The first kappa shape index (κ1) is 27.1. The minimum atomic E-state index is -0.364. The molecule has 9 nitrogen and oxygen atoms in total. The summed E-state index contributed by atoms with van der Waals surface area (Å²) in [6.07, 6.45) is 6.52. The standard InChI is InChI=1S/C30H40N6O3/c1-5-28(37)35-16-14-34(15-17-35)25(18-22-6-7-22)24-10-8-23(9-11-24)21(4)32-29-31-13-12-27(33-29)36-26(20(2)3)19-39-30(36)38/h5,8-13,20-22,25-26H,1,6-7,14-19H2,2-4H3,(H,31,32,33)/t21-,25?,26+/m0/s1. The van der Waals surface area contributed by atoms with E-state index in [1.807, 2.05) is 4.90 Å². The lowest BCUT2D eigenvalue weighted by molar-refractivity contribution is -0.128. The second-order valence-corrected chi connectivity index (χ2v) is 11.3. The van der Waals surface area contributed by atoms with E-state index in [1.165, 1.54) is 30.9 Å². The Morgan fingerprint density at radius 2 is 1.79 bits per heavy atom. The zero-order chi connectivity index (χ0) is 27.5. The van der Waals surface area contributed by atoms with Crippen LogP contribution >= 0.6 is 0 Å². The van der Waals surface area contributed by atoms with Crippen molar-refractivity contribution < 1.29 is 14.3 Å². The molecule has 2 aliphatic heterocycles. The number of cyclic esters (lactones) is 1. The minimum Gasteiger partial charge on any atom is -0.447 e. The van der Waals surface area contributed by atoms with Gasteiger partial charge in [0.1, 0.15) is 12.4 Å². The lowest BCUT2D eigenvalue weighted by Gasteiger charge is -2.39. The van der Waals surface area contributed by atoms with Gasteiger partial charge in [0.05, 0.1) is 12.1 Å². The van der Waals surface area contributed by atoms with Crippen molar-refractivity contribution in [3.05, 3.63) is 60.3 Å². The molecule has 2 saturated heterocycles. The van der Waals surface area contributed by atoms with E-state index in [1.54, 1.807) is 17.2 Å². The average molecular weight is 533 g/mol. The Morgan fingerprint density at radius 1 is 1.10 bits per heavy atom. The molecule has 2 aromatic rings. The van der Waals surface area contributed by atoms with Crippen LogP contribution in [0.3, 0.4) is 0 Å². The predicted octanol–water partition coefficient (Wildman–Crippen LogP) is 4.80. The molecule has 1 N–H and O–H groups in total. The van der Waals surface area contributed by atoms with E-state index in [9.17, 15) is 9.59 Å². The first-order valence-corrected chi connectivity index (χ1v) is 14.1. The van der Waals surface area contributed by atoms with Crippen molar-refractivity contribution in [1.29, 1.82) is 0 Å². The third-order valence-electron chi connectivity index (χ3n) is 8.22. The summed E-state index contributed by atoms with van der Waals surface area (Å²) in [6, 6.07) is 10.9. The van der Waals surface area contributed by atoms with Gasteiger partial charge in [0, 0.05) is 38.4 Å². The van der Waals surface area contributed by atoms with Gasteiger partial charge >= 0.3 is 6.09 Å². The molecule has 1 aliphatic carbocycles. The zero-order valence-corrected chi connectivity index (χ0v) is 23.3. The third-order valence-corrected chi connectivity index (χ3v) is 8.22. The van der Waals surface area contributed by atoms with Crippen molar-refractivity contribution in [2.45, 2.75) is 58.2 Å². The van der Waals surface area contributed by atoms with Crippen LogP contribution in [-0.4, -0.2) is 70.6 Å². The summed E-state index contributed by atoms with van der Waals surface area (Å²) in [7, 11) is 0. The fourth-order valence-corrected chi connectivity index (χ4v) is 5.58. The van der Waals surface area contributed by atoms with Gasteiger partial charge in [-0.1, -0.05) is 57.5 Å². The number of aromatic nitrogens is 2. The van der Waals surface area contributed by atoms with Crippen LogP contribution in [0.15, 0.2) is 49.2 Å². The molecule has 1 aromatic carbocycles. The summed E-state index contributed by atoms with van der Waals surface area (Å²) < 4.78 is 5.29. The van der Waals surface area contributed by atoms with Crippen molar-refractivity contribution in [2.75, 3.05) is 43.0 Å². The third kappa shape index (κ3) is 6.24. The molecule has 1 unspecified atom stereocenters. The number of ether oxygens (including phenoxy) is 1. The minimum absolute atomic E-state index is 0.0175. The van der Waals surface area contributed by atoms with Crippen LogP contribution in [0.1, 0.15) is 63.2 Å².